The van der Waals surface area contributed by atoms with Crippen LogP contribution < -0.4 is 4.74 Å². The third-order valence-corrected chi connectivity index (χ3v) is 4.32. The highest BCUT2D eigenvalue weighted by Gasteiger charge is 2.35. The molecule has 0 aliphatic carbocycles. The number of fused-ring (bicyclic) bond motifs is 1. The SMILES string of the molecule is CC(C)Oc1cc2c(cc1-n1cccn1)CN(C[C@@H](F)C(C)(C)O)C2=O. The summed E-state index contributed by atoms with van der Waals surface area (Å²) in [6, 6.07) is 5.36. The van der Waals surface area contributed by atoms with Crippen molar-refractivity contribution in [2.24, 2.45) is 0 Å². The molecule has 0 fully saturated rings. The van der Waals surface area contributed by atoms with Gasteiger partial charge in [0, 0.05) is 24.5 Å². The molecule has 1 aromatic heterocycles. The van der Waals surface area contributed by atoms with Gasteiger partial charge in [0.15, 0.2) is 0 Å². The number of aliphatic hydroxyl groups is 1. The maximum atomic E-state index is 14.2. The van der Waals surface area contributed by atoms with Gasteiger partial charge in [-0.2, -0.15) is 5.10 Å². The summed E-state index contributed by atoms with van der Waals surface area (Å²) < 4.78 is 21.8. The number of benzene rings is 1. The van der Waals surface area contributed by atoms with Gasteiger partial charge in [-0.3, -0.25) is 4.79 Å². The predicted octanol–water partition coefficient (Wildman–Crippen LogP) is 2.72. The summed E-state index contributed by atoms with van der Waals surface area (Å²) in [4.78, 5) is 14.1. The Morgan fingerprint density at radius 2 is 2.12 bits per heavy atom. The van der Waals surface area contributed by atoms with Crippen molar-refractivity contribution < 1.29 is 19.0 Å². The first-order chi connectivity index (χ1) is 12.2. The summed E-state index contributed by atoms with van der Waals surface area (Å²) in [6.07, 6.45) is 1.87. The number of carbonyl (C=O) groups is 1. The molecule has 2 heterocycles. The summed E-state index contributed by atoms with van der Waals surface area (Å²) in [5.41, 5.74) is 0.525. The highest BCUT2D eigenvalue weighted by atomic mass is 19.1. The molecular formula is C19H24FN3O3. The molecule has 0 saturated heterocycles. The number of amides is 1. The number of halogens is 1. The van der Waals surface area contributed by atoms with Crippen molar-refractivity contribution in [3.63, 3.8) is 0 Å². The summed E-state index contributed by atoms with van der Waals surface area (Å²) in [7, 11) is 0. The average molecular weight is 361 g/mol. The van der Waals surface area contributed by atoms with Crippen LogP contribution in [0.25, 0.3) is 5.69 Å². The van der Waals surface area contributed by atoms with E-state index < -0.39 is 11.8 Å². The lowest BCUT2D eigenvalue weighted by Crippen LogP contribution is -2.42. The van der Waals surface area contributed by atoms with Gasteiger partial charge >= 0.3 is 0 Å². The van der Waals surface area contributed by atoms with Gasteiger partial charge in [-0.15, -0.1) is 0 Å². The van der Waals surface area contributed by atoms with Gasteiger partial charge in [0.2, 0.25) is 0 Å². The van der Waals surface area contributed by atoms with Crippen LogP contribution in [0.15, 0.2) is 30.6 Å². The van der Waals surface area contributed by atoms with Crippen molar-refractivity contribution in [3.8, 4) is 11.4 Å². The number of aromatic nitrogens is 2. The van der Waals surface area contributed by atoms with Crippen molar-refractivity contribution >= 4 is 5.91 Å². The molecule has 0 unspecified atom stereocenters. The Bertz CT molecular complexity index is 797. The normalized spacial score (nSPS) is 15.5. The summed E-state index contributed by atoms with van der Waals surface area (Å²) in [5, 5.41) is 14.1. The number of hydrogen-bond acceptors (Lipinski definition) is 4. The van der Waals surface area contributed by atoms with Gasteiger partial charge in [0.1, 0.15) is 17.6 Å². The van der Waals surface area contributed by atoms with Crippen LogP contribution in [0.3, 0.4) is 0 Å². The van der Waals surface area contributed by atoms with Crippen LogP contribution in [-0.2, 0) is 6.54 Å². The van der Waals surface area contributed by atoms with E-state index in [-0.39, 0.29) is 18.6 Å². The summed E-state index contributed by atoms with van der Waals surface area (Å²) in [6.45, 7) is 6.75. The van der Waals surface area contributed by atoms with Crippen LogP contribution in [0.4, 0.5) is 4.39 Å². The lowest BCUT2D eigenvalue weighted by atomic mass is 10.0. The molecule has 1 aliphatic rings. The molecule has 0 saturated carbocycles. The first-order valence-corrected chi connectivity index (χ1v) is 8.66. The minimum atomic E-state index is -1.53. The Morgan fingerprint density at radius 3 is 2.69 bits per heavy atom. The lowest BCUT2D eigenvalue weighted by molar-refractivity contribution is -0.0159. The minimum absolute atomic E-state index is 0.0691. The van der Waals surface area contributed by atoms with Gasteiger partial charge < -0.3 is 14.7 Å². The molecule has 2 aromatic rings. The maximum Gasteiger partial charge on any atom is 0.254 e. The van der Waals surface area contributed by atoms with E-state index >= 15 is 0 Å². The molecule has 6 nitrogen and oxygen atoms in total. The van der Waals surface area contributed by atoms with E-state index in [0.29, 0.717) is 17.9 Å². The number of ether oxygens (including phenoxy) is 1. The summed E-state index contributed by atoms with van der Waals surface area (Å²) >= 11 is 0. The molecule has 1 atom stereocenters. The highest BCUT2D eigenvalue weighted by molar-refractivity contribution is 5.99. The first kappa shape index (κ1) is 18.4. The van der Waals surface area contributed by atoms with E-state index in [1.807, 2.05) is 19.9 Å². The Labute approximate surface area is 152 Å². The van der Waals surface area contributed by atoms with Crippen molar-refractivity contribution in [1.29, 1.82) is 0 Å². The van der Waals surface area contributed by atoms with Crippen LogP contribution >= 0.6 is 0 Å². The molecule has 3 rings (SSSR count). The molecule has 0 spiro atoms. The van der Waals surface area contributed by atoms with E-state index in [0.717, 1.165) is 11.3 Å². The molecule has 26 heavy (non-hydrogen) atoms. The quantitative estimate of drug-likeness (QED) is 0.859. The fourth-order valence-corrected chi connectivity index (χ4v) is 2.89. The van der Waals surface area contributed by atoms with Gasteiger partial charge in [-0.25, -0.2) is 9.07 Å². The summed E-state index contributed by atoms with van der Waals surface area (Å²) in [5.74, 6) is 0.296. The van der Waals surface area contributed by atoms with Crippen molar-refractivity contribution in [1.82, 2.24) is 14.7 Å². The fourth-order valence-electron chi connectivity index (χ4n) is 2.89. The number of nitrogens with zero attached hydrogens (tertiary/aromatic N) is 3. The van der Waals surface area contributed by atoms with E-state index in [9.17, 15) is 14.3 Å². The third kappa shape index (κ3) is 3.58. The number of carbonyl (C=O) groups excluding carboxylic acids is 1. The van der Waals surface area contributed by atoms with Crippen molar-refractivity contribution in [2.45, 2.75) is 52.1 Å². The zero-order valence-corrected chi connectivity index (χ0v) is 15.4. The smallest absolute Gasteiger partial charge is 0.254 e. The monoisotopic (exact) mass is 361 g/mol. The van der Waals surface area contributed by atoms with E-state index in [2.05, 4.69) is 5.10 Å². The maximum absolute atomic E-state index is 14.2. The topological polar surface area (TPSA) is 67.6 Å². The highest BCUT2D eigenvalue weighted by Crippen LogP contribution is 2.33. The molecule has 1 aromatic carbocycles. The zero-order chi connectivity index (χ0) is 19.1. The second-order valence-corrected chi connectivity index (χ2v) is 7.40. The van der Waals surface area contributed by atoms with Crippen LogP contribution in [0.5, 0.6) is 5.75 Å². The van der Waals surface area contributed by atoms with E-state index in [4.69, 9.17) is 4.74 Å². The lowest BCUT2D eigenvalue weighted by Gasteiger charge is -2.26. The molecule has 0 bridgehead atoms. The number of hydrogen-bond donors (Lipinski definition) is 1. The third-order valence-electron chi connectivity index (χ3n) is 4.32. The van der Waals surface area contributed by atoms with Crippen LogP contribution in [0.1, 0.15) is 43.6 Å². The second-order valence-electron chi connectivity index (χ2n) is 7.40. The van der Waals surface area contributed by atoms with Crippen molar-refractivity contribution in [3.05, 3.63) is 41.7 Å². The minimum Gasteiger partial charge on any atom is -0.489 e. The van der Waals surface area contributed by atoms with E-state index in [1.165, 1.54) is 18.7 Å². The molecule has 140 valence electrons. The number of rotatable bonds is 6. The van der Waals surface area contributed by atoms with Crippen LogP contribution in [0, 0.1) is 0 Å². The molecule has 0 radical (unpaired) electrons. The zero-order valence-electron chi connectivity index (χ0n) is 15.4. The molecule has 1 amide bonds. The largest absolute Gasteiger partial charge is 0.489 e. The fraction of sp³-hybridized carbons (Fsp3) is 0.474. The Hall–Kier alpha value is -2.41. The Kier molecular flexibility index (Phi) is 4.75. The van der Waals surface area contributed by atoms with Gasteiger partial charge in [-0.05, 0) is 51.5 Å². The standard InChI is InChI=1S/C19H24FN3O3/c1-12(2)26-16-9-14-13(8-15(16)23-7-5-6-21-23)10-22(18(14)24)11-17(20)19(3,4)25/h5-9,12,17,25H,10-11H2,1-4H3/t17-/m1/s1. The van der Waals surface area contributed by atoms with Crippen molar-refractivity contribution in [2.75, 3.05) is 6.54 Å². The van der Waals surface area contributed by atoms with Gasteiger partial charge in [-0.1, -0.05) is 0 Å². The molecular weight excluding hydrogens is 337 g/mol. The van der Waals surface area contributed by atoms with E-state index in [1.54, 1.807) is 29.2 Å². The van der Waals surface area contributed by atoms with Gasteiger partial charge in [0.05, 0.1) is 18.2 Å². The second kappa shape index (κ2) is 6.72. The molecule has 1 N–H and O–H groups in total. The Morgan fingerprint density at radius 1 is 1.38 bits per heavy atom. The van der Waals surface area contributed by atoms with Gasteiger partial charge in [0.25, 0.3) is 5.91 Å². The van der Waals surface area contributed by atoms with Crippen LogP contribution in [-0.4, -0.2) is 50.1 Å². The molecule has 7 heteroatoms. The average Bonchev–Trinajstić information content (AvgIpc) is 3.15. The van der Waals surface area contributed by atoms with Crippen LogP contribution in [0.2, 0.25) is 0 Å². The Balaban J connectivity index is 1.94. The number of alkyl halides is 1. The molecule has 1 aliphatic heterocycles. The predicted molar refractivity (Wildman–Crippen MR) is 95.3 cm³/mol. The first-order valence-electron chi connectivity index (χ1n) is 8.66.